The molecule has 0 fully saturated rings. The number of thiazole rings is 1. The maximum Gasteiger partial charge on any atom is 0.272 e. The summed E-state index contributed by atoms with van der Waals surface area (Å²) in [5.74, 6) is -0.333. The summed E-state index contributed by atoms with van der Waals surface area (Å²) in [7, 11) is 0. The van der Waals surface area contributed by atoms with Gasteiger partial charge in [0.2, 0.25) is 5.91 Å². The molecule has 6 rings (SSSR count). The van der Waals surface area contributed by atoms with Crippen molar-refractivity contribution in [2.45, 2.75) is 11.5 Å². The summed E-state index contributed by atoms with van der Waals surface area (Å²) >= 11 is 8.64. The van der Waals surface area contributed by atoms with Crippen molar-refractivity contribution in [3.63, 3.8) is 0 Å². The third-order valence-corrected chi connectivity index (χ3v) is 9.32. The lowest BCUT2D eigenvalue weighted by Crippen LogP contribution is -2.30. The highest BCUT2D eigenvalue weighted by atomic mass is 35.5. The molecule has 0 saturated heterocycles. The molecule has 0 spiro atoms. The van der Waals surface area contributed by atoms with Crippen molar-refractivity contribution in [2.75, 3.05) is 16.4 Å². The number of ether oxygens (including phenoxy) is 1. The van der Waals surface area contributed by atoms with Gasteiger partial charge in [0.25, 0.3) is 11.8 Å². The molecule has 3 N–H and O–H groups in total. The fourth-order valence-electron chi connectivity index (χ4n) is 4.76. The number of benzene rings is 5. The molecule has 1 heterocycles. The van der Waals surface area contributed by atoms with Gasteiger partial charge in [0.15, 0.2) is 5.13 Å². The predicted molar refractivity (Wildman–Crippen MR) is 206 cm³/mol. The molecule has 51 heavy (non-hydrogen) atoms. The molecule has 3 amide bonds. The first-order valence-electron chi connectivity index (χ1n) is 15.8. The van der Waals surface area contributed by atoms with Crippen molar-refractivity contribution >= 4 is 69.3 Å². The van der Waals surface area contributed by atoms with Gasteiger partial charge in [-0.05, 0) is 71.8 Å². The fraction of sp³-hybridized carbons (Fsp3) is 0.0500. The molecule has 6 aromatic rings. The maximum absolute atomic E-state index is 13.6. The molecular weight excluding hydrogens is 700 g/mol. The summed E-state index contributed by atoms with van der Waals surface area (Å²) in [4.78, 5) is 44.7. The van der Waals surface area contributed by atoms with Crippen LogP contribution in [0.15, 0.2) is 149 Å². The van der Waals surface area contributed by atoms with Gasteiger partial charge < -0.3 is 20.7 Å². The summed E-state index contributed by atoms with van der Waals surface area (Å²) in [5.41, 5.74) is 4.37. The average molecular weight is 731 g/mol. The zero-order chi connectivity index (χ0) is 35.4. The quantitative estimate of drug-likeness (QED) is 0.0808. The van der Waals surface area contributed by atoms with E-state index in [0.717, 1.165) is 21.7 Å². The third kappa shape index (κ3) is 10.4. The predicted octanol–water partition coefficient (Wildman–Crippen LogP) is 9.18. The Bertz CT molecular complexity index is 2140. The minimum absolute atomic E-state index is 0.0562. The third-order valence-electron chi connectivity index (χ3n) is 7.32. The molecule has 0 unspecified atom stereocenters. The van der Waals surface area contributed by atoms with E-state index in [9.17, 15) is 14.4 Å². The van der Waals surface area contributed by atoms with Crippen LogP contribution in [0.3, 0.4) is 0 Å². The standard InChI is InChI=1S/C40H31ClN4O4S2/c41-31-18-16-29(17-19-31)36-25-51-40(44-36)45-37(46)26-50-34-13-7-12-32(23-34)42-39(48)35(43-38(47)30-10-5-2-6-11-30)22-27-14-20-33(21-15-27)49-24-28-8-3-1-4-9-28/h1-23,25H,24,26H2,(H,42,48)(H,43,47)(H,44,45,46)/b35-22-. The van der Waals surface area contributed by atoms with Crippen LogP contribution in [0.25, 0.3) is 17.3 Å². The highest BCUT2D eigenvalue weighted by Crippen LogP contribution is 2.27. The second-order valence-corrected chi connectivity index (χ2v) is 13.4. The summed E-state index contributed by atoms with van der Waals surface area (Å²) < 4.78 is 5.89. The number of halogens is 1. The fourth-order valence-corrected chi connectivity index (χ4v) is 6.38. The monoisotopic (exact) mass is 730 g/mol. The van der Waals surface area contributed by atoms with Crippen LogP contribution in [0, 0.1) is 0 Å². The first kappa shape index (κ1) is 35.2. The van der Waals surface area contributed by atoms with Gasteiger partial charge in [-0.25, -0.2) is 4.98 Å². The number of nitrogens with zero attached hydrogens (tertiary/aromatic N) is 1. The van der Waals surface area contributed by atoms with Crippen molar-refractivity contribution in [3.05, 3.63) is 166 Å². The van der Waals surface area contributed by atoms with Crippen molar-refractivity contribution in [3.8, 4) is 17.0 Å². The molecule has 0 aliphatic heterocycles. The first-order chi connectivity index (χ1) is 24.9. The van der Waals surface area contributed by atoms with Gasteiger partial charge in [0, 0.05) is 32.1 Å². The number of nitrogens with one attached hydrogen (secondary N) is 3. The van der Waals surface area contributed by atoms with Gasteiger partial charge in [-0.15, -0.1) is 23.1 Å². The zero-order valence-electron chi connectivity index (χ0n) is 27.0. The number of carbonyl (C=O) groups is 3. The number of rotatable bonds is 13. The lowest BCUT2D eigenvalue weighted by molar-refractivity contribution is -0.114. The van der Waals surface area contributed by atoms with Gasteiger partial charge in [-0.1, -0.05) is 90.5 Å². The van der Waals surface area contributed by atoms with E-state index in [1.165, 1.54) is 23.1 Å². The van der Waals surface area contributed by atoms with Crippen molar-refractivity contribution in [1.29, 1.82) is 0 Å². The molecule has 0 aliphatic rings. The van der Waals surface area contributed by atoms with E-state index in [2.05, 4.69) is 20.9 Å². The molecule has 0 bridgehead atoms. The van der Waals surface area contributed by atoms with E-state index in [4.69, 9.17) is 16.3 Å². The highest BCUT2D eigenvalue weighted by molar-refractivity contribution is 8.00. The second kappa shape index (κ2) is 17.3. The molecule has 1 aromatic heterocycles. The minimum atomic E-state index is -0.510. The van der Waals surface area contributed by atoms with Gasteiger partial charge >= 0.3 is 0 Å². The SMILES string of the molecule is O=C(CSc1cccc(NC(=O)/C(=C/c2ccc(OCc3ccccc3)cc2)NC(=O)c2ccccc2)c1)Nc1nc(-c2ccc(Cl)cc2)cs1. The van der Waals surface area contributed by atoms with E-state index in [-0.39, 0.29) is 17.4 Å². The Kier molecular flexibility index (Phi) is 11.9. The van der Waals surface area contributed by atoms with Crippen molar-refractivity contribution in [2.24, 2.45) is 0 Å². The topological polar surface area (TPSA) is 109 Å². The van der Waals surface area contributed by atoms with Crippen LogP contribution in [0.5, 0.6) is 5.75 Å². The molecule has 8 nitrogen and oxygen atoms in total. The molecule has 5 aromatic carbocycles. The van der Waals surface area contributed by atoms with Crippen molar-refractivity contribution < 1.29 is 19.1 Å². The number of aromatic nitrogens is 1. The van der Waals surface area contributed by atoms with Crippen LogP contribution in [0.4, 0.5) is 10.8 Å². The Hall–Kier alpha value is -5.68. The number of anilines is 2. The van der Waals surface area contributed by atoms with Gasteiger partial charge in [-0.2, -0.15) is 0 Å². The molecule has 11 heteroatoms. The number of carbonyl (C=O) groups excluding carboxylic acids is 3. The summed E-state index contributed by atoms with van der Waals surface area (Å²) in [5, 5.41) is 11.5. The van der Waals surface area contributed by atoms with Crippen LogP contribution < -0.4 is 20.7 Å². The van der Waals surface area contributed by atoms with Crippen LogP contribution in [0.2, 0.25) is 5.02 Å². The van der Waals surface area contributed by atoms with E-state index in [1.807, 2.05) is 84.2 Å². The largest absolute Gasteiger partial charge is 0.489 e. The van der Waals surface area contributed by atoms with E-state index in [0.29, 0.717) is 39.3 Å². The smallest absolute Gasteiger partial charge is 0.272 e. The summed E-state index contributed by atoms with van der Waals surface area (Å²) in [6, 6.07) is 40.3. The second-order valence-electron chi connectivity index (χ2n) is 11.1. The number of amides is 3. The lowest BCUT2D eigenvalue weighted by Gasteiger charge is -2.12. The van der Waals surface area contributed by atoms with Gasteiger partial charge in [-0.3, -0.25) is 14.4 Å². The van der Waals surface area contributed by atoms with Crippen LogP contribution in [-0.4, -0.2) is 28.5 Å². The van der Waals surface area contributed by atoms with E-state index >= 15 is 0 Å². The Morgan fingerprint density at radius 2 is 1.53 bits per heavy atom. The highest BCUT2D eigenvalue weighted by Gasteiger charge is 2.16. The Morgan fingerprint density at radius 1 is 0.804 bits per heavy atom. The molecule has 254 valence electrons. The van der Waals surface area contributed by atoms with E-state index < -0.39 is 11.8 Å². The van der Waals surface area contributed by atoms with Crippen LogP contribution in [-0.2, 0) is 16.2 Å². The van der Waals surface area contributed by atoms with E-state index in [1.54, 1.807) is 60.7 Å². The Morgan fingerprint density at radius 3 is 2.27 bits per heavy atom. The minimum Gasteiger partial charge on any atom is -0.489 e. The normalized spacial score (nSPS) is 11.0. The Labute approximate surface area is 308 Å². The molecule has 0 aliphatic carbocycles. The lowest BCUT2D eigenvalue weighted by atomic mass is 10.1. The number of thioether (sulfide) groups is 1. The number of hydrogen-bond donors (Lipinski definition) is 3. The Balaban J connectivity index is 1.09. The summed E-state index contributed by atoms with van der Waals surface area (Å²) in [6.07, 6.45) is 1.61. The first-order valence-corrected chi connectivity index (χ1v) is 18.0. The van der Waals surface area contributed by atoms with Crippen LogP contribution >= 0.6 is 34.7 Å². The van der Waals surface area contributed by atoms with Gasteiger partial charge in [0.05, 0.1) is 11.4 Å². The average Bonchev–Trinajstić information content (AvgIpc) is 3.63. The molecular formula is C40H31ClN4O4S2. The summed E-state index contributed by atoms with van der Waals surface area (Å²) in [6.45, 7) is 0.427. The zero-order valence-corrected chi connectivity index (χ0v) is 29.4. The van der Waals surface area contributed by atoms with Crippen LogP contribution in [0.1, 0.15) is 21.5 Å². The van der Waals surface area contributed by atoms with Crippen molar-refractivity contribution in [1.82, 2.24) is 10.3 Å². The van der Waals surface area contributed by atoms with Gasteiger partial charge in [0.1, 0.15) is 18.1 Å². The molecule has 0 atom stereocenters. The molecule has 0 radical (unpaired) electrons. The maximum atomic E-state index is 13.6. The molecule has 0 saturated carbocycles. The number of hydrogen-bond acceptors (Lipinski definition) is 7.